The highest BCUT2D eigenvalue weighted by molar-refractivity contribution is 5.82. The molecular formula is C14H16N4. The molecule has 0 saturated carbocycles. The summed E-state index contributed by atoms with van der Waals surface area (Å²) in [6.07, 6.45) is 4.60. The molecule has 0 saturated heterocycles. The van der Waals surface area contributed by atoms with Crippen LogP contribution < -0.4 is 0 Å². The summed E-state index contributed by atoms with van der Waals surface area (Å²) in [5.74, 6) is 0.994. The van der Waals surface area contributed by atoms with Crippen molar-refractivity contribution in [2.45, 2.75) is 32.6 Å². The molecule has 0 aliphatic heterocycles. The summed E-state index contributed by atoms with van der Waals surface area (Å²) in [5, 5.41) is 0. The number of rotatable bonds is 4. The number of hydrogen-bond acceptors (Lipinski definition) is 3. The number of hydrogen-bond donors (Lipinski definition) is 1. The molecule has 0 radical (unpaired) electrons. The van der Waals surface area contributed by atoms with Crippen LogP contribution in [0.4, 0.5) is 0 Å². The van der Waals surface area contributed by atoms with Crippen molar-refractivity contribution in [3.05, 3.63) is 30.1 Å². The van der Waals surface area contributed by atoms with Crippen LogP contribution in [-0.4, -0.2) is 19.9 Å². The number of unbranched alkanes of at least 4 members (excludes halogenated alkanes) is 2. The Labute approximate surface area is 105 Å². The Morgan fingerprint density at radius 2 is 1.78 bits per heavy atom. The van der Waals surface area contributed by atoms with Crippen LogP contribution in [0.15, 0.2) is 24.3 Å². The van der Waals surface area contributed by atoms with Crippen LogP contribution >= 0.6 is 0 Å². The van der Waals surface area contributed by atoms with Gasteiger partial charge in [-0.05, 0) is 18.6 Å². The zero-order valence-electron chi connectivity index (χ0n) is 10.5. The molecule has 0 fully saturated rings. The van der Waals surface area contributed by atoms with Crippen molar-refractivity contribution < 1.29 is 0 Å². The third-order valence-electron chi connectivity index (χ3n) is 3.07. The van der Waals surface area contributed by atoms with Gasteiger partial charge in [-0.25, -0.2) is 15.0 Å². The van der Waals surface area contributed by atoms with Crippen molar-refractivity contribution >= 4 is 22.3 Å². The van der Waals surface area contributed by atoms with Crippen LogP contribution in [0.25, 0.3) is 22.3 Å². The zero-order valence-corrected chi connectivity index (χ0v) is 10.5. The molecule has 2 heterocycles. The van der Waals surface area contributed by atoms with Crippen molar-refractivity contribution in [2.75, 3.05) is 0 Å². The average molecular weight is 240 g/mol. The second-order valence-corrected chi connectivity index (χ2v) is 4.53. The van der Waals surface area contributed by atoms with Crippen LogP contribution in [0.2, 0.25) is 0 Å². The monoisotopic (exact) mass is 240 g/mol. The van der Waals surface area contributed by atoms with Gasteiger partial charge in [-0.3, -0.25) is 0 Å². The maximum atomic E-state index is 4.55. The van der Waals surface area contributed by atoms with Crippen molar-refractivity contribution in [1.29, 1.82) is 0 Å². The average Bonchev–Trinajstić information content (AvgIpc) is 2.77. The topological polar surface area (TPSA) is 54.5 Å². The van der Waals surface area contributed by atoms with Gasteiger partial charge >= 0.3 is 0 Å². The Balaban J connectivity index is 1.98. The lowest BCUT2D eigenvalue weighted by Gasteiger charge is -1.94. The Morgan fingerprint density at radius 3 is 2.56 bits per heavy atom. The van der Waals surface area contributed by atoms with Crippen LogP contribution in [0, 0.1) is 0 Å². The molecule has 1 N–H and O–H groups in total. The van der Waals surface area contributed by atoms with Crippen LogP contribution in [0.3, 0.4) is 0 Å². The number of imidazole rings is 1. The molecule has 4 nitrogen and oxygen atoms in total. The first-order chi connectivity index (χ1) is 8.86. The predicted octanol–water partition coefficient (Wildman–Crippen LogP) is 3.24. The van der Waals surface area contributed by atoms with Crippen molar-refractivity contribution in [1.82, 2.24) is 19.9 Å². The second kappa shape index (κ2) is 4.72. The van der Waals surface area contributed by atoms with E-state index in [0.29, 0.717) is 0 Å². The molecule has 0 aliphatic carbocycles. The van der Waals surface area contributed by atoms with Gasteiger partial charge in [-0.15, -0.1) is 0 Å². The second-order valence-electron chi connectivity index (χ2n) is 4.53. The lowest BCUT2D eigenvalue weighted by molar-refractivity contribution is 0.700. The molecule has 0 aliphatic rings. The minimum absolute atomic E-state index is 0.722. The Morgan fingerprint density at radius 1 is 1.00 bits per heavy atom. The first-order valence-corrected chi connectivity index (χ1v) is 6.48. The fourth-order valence-electron chi connectivity index (χ4n) is 2.11. The molecule has 0 unspecified atom stereocenters. The summed E-state index contributed by atoms with van der Waals surface area (Å²) in [7, 11) is 0. The number of aromatic nitrogens is 4. The third-order valence-corrected chi connectivity index (χ3v) is 3.07. The maximum absolute atomic E-state index is 4.55. The first-order valence-electron chi connectivity index (χ1n) is 6.48. The van der Waals surface area contributed by atoms with Crippen molar-refractivity contribution in [2.24, 2.45) is 0 Å². The van der Waals surface area contributed by atoms with Gasteiger partial charge in [0.15, 0.2) is 11.3 Å². The number of aryl methyl sites for hydroxylation is 1. The van der Waals surface area contributed by atoms with E-state index in [1.165, 1.54) is 12.8 Å². The van der Waals surface area contributed by atoms with Crippen LogP contribution in [0.1, 0.15) is 32.0 Å². The van der Waals surface area contributed by atoms with E-state index in [9.17, 15) is 0 Å². The summed E-state index contributed by atoms with van der Waals surface area (Å²) in [4.78, 5) is 16.8. The van der Waals surface area contributed by atoms with E-state index in [-0.39, 0.29) is 0 Å². The number of nitrogens with zero attached hydrogens (tertiary/aromatic N) is 3. The number of para-hydroxylation sites is 2. The molecule has 1 aromatic carbocycles. The lowest BCUT2D eigenvalue weighted by atomic mass is 10.2. The third kappa shape index (κ3) is 2.06. The summed E-state index contributed by atoms with van der Waals surface area (Å²) >= 11 is 0. The minimum atomic E-state index is 0.722. The summed E-state index contributed by atoms with van der Waals surface area (Å²) < 4.78 is 0. The highest BCUT2D eigenvalue weighted by atomic mass is 15.0. The highest BCUT2D eigenvalue weighted by Gasteiger charge is 2.06. The number of aromatic amines is 1. The summed E-state index contributed by atoms with van der Waals surface area (Å²) in [6.45, 7) is 2.20. The van der Waals surface area contributed by atoms with E-state index in [1.807, 2.05) is 24.3 Å². The van der Waals surface area contributed by atoms with Gasteiger partial charge in [0.25, 0.3) is 0 Å². The van der Waals surface area contributed by atoms with Gasteiger partial charge in [-0.2, -0.15) is 0 Å². The van der Waals surface area contributed by atoms with E-state index in [4.69, 9.17) is 0 Å². The normalized spacial score (nSPS) is 11.4. The molecule has 92 valence electrons. The van der Waals surface area contributed by atoms with Gasteiger partial charge < -0.3 is 4.98 Å². The van der Waals surface area contributed by atoms with E-state index in [2.05, 4.69) is 26.9 Å². The van der Waals surface area contributed by atoms with Gasteiger partial charge in [0.2, 0.25) is 0 Å². The molecule has 2 aromatic heterocycles. The van der Waals surface area contributed by atoms with Crippen LogP contribution in [0.5, 0.6) is 0 Å². The fourth-order valence-corrected chi connectivity index (χ4v) is 2.11. The number of nitrogens with one attached hydrogen (secondary N) is 1. The SMILES string of the molecule is CCCCCc1nc2nc3ccccc3nc2[nH]1. The largest absolute Gasteiger partial charge is 0.325 e. The quantitative estimate of drug-likeness (QED) is 0.712. The highest BCUT2D eigenvalue weighted by Crippen LogP contribution is 2.14. The zero-order chi connectivity index (χ0) is 12.4. The fraction of sp³-hybridized carbons (Fsp3) is 0.357. The van der Waals surface area contributed by atoms with Crippen LogP contribution in [-0.2, 0) is 6.42 Å². The number of H-pyrrole nitrogens is 1. The Kier molecular flexibility index (Phi) is 2.92. The summed E-state index contributed by atoms with van der Waals surface area (Å²) in [6, 6.07) is 7.88. The molecule has 3 aromatic rings. The predicted molar refractivity (Wildman–Crippen MR) is 72.4 cm³/mol. The standard InChI is InChI=1S/C14H16N4/c1-2-3-4-9-12-17-13-14(18-12)16-11-8-6-5-7-10(11)15-13/h5-8H,2-4,9H2,1H3,(H,15,16,17,18). The van der Waals surface area contributed by atoms with Gasteiger partial charge in [0.1, 0.15) is 5.82 Å². The van der Waals surface area contributed by atoms with E-state index in [1.54, 1.807) is 0 Å². The molecule has 0 bridgehead atoms. The van der Waals surface area contributed by atoms with Gasteiger partial charge in [0, 0.05) is 6.42 Å². The van der Waals surface area contributed by atoms with Crippen molar-refractivity contribution in [3.8, 4) is 0 Å². The molecule has 0 atom stereocenters. The van der Waals surface area contributed by atoms with Gasteiger partial charge in [0.05, 0.1) is 11.0 Å². The Bertz CT molecular complexity index is 619. The van der Waals surface area contributed by atoms with E-state index < -0.39 is 0 Å². The lowest BCUT2D eigenvalue weighted by Crippen LogP contribution is -1.87. The summed E-state index contributed by atoms with van der Waals surface area (Å²) in [5.41, 5.74) is 3.32. The molecule has 0 spiro atoms. The molecule has 4 heteroatoms. The number of benzene rings is 1. The first kappa shape index (κ1) is 11.1. The smallest absolute Gasteiger partial charge is 0.198 e. The van der Waals surface area contributed by atoms with E-state index in [0.717, 1.165) is 41.0 Å². The molecule has 3 rings (SSSR count). The molecule has 18 heavy (non-hydrogen) atoms. The van der Waals surface area contributed by atoms with E-state index >= 15 is 0 Å². The van der Waals surface area contributed by atoms with Gasteiger partial charge in [-0.1, -0.05) is 31.9 Å². The molecule has 0 amide bonds. The maximum Gasteiger partial charge on any atom is 0.198 e. The molecular weight excluding hydrogens is 224 g/mol. The minimum Gasteiger partial charge on any atom is -0.325 e. The van der Waals surface area contributed by atoms with Crippen molar-refractivity contribution in [3.63, 3.8) is 0 Å². The Hall–Kier alpha value is -1.97. The number of fused-ring (bicyclic) bond motifs is 2.